The Morgan fingerprint density at radius 3 is 2.24 bits per heavy atom. The zero-order chi connectivity index (χ0) is 12.4. The van der Waals surface area contributed by atoms with Crippen LogP contribution >= 0.6 is 27.5 Å². The molecular weight excluding hydrogens is 306 g/mol. The summed E-state index contributed by atoms with van der Waals surface area (Å²) in [5.74, 6) is -0.324. The molecule has 0 aliphatic carbocycles. The minimum Gasteiger partial charge on any atom is -0.384 e. The largest absolute Gasteiger partial charge is 0.384 e. The molecule has 2 aromatic rings. The fourth-order valence-electron chi connectivity index (χ4n) is 1.52. The zero-order valence-corrected chi connectivity index (χ0v) is 11.0. The van der Waals surface area contributed by atoms with Gasteiger partial charge < -0.3 is 5.11 Å². The number of aliphatic hydroxyl groups excluding tert-OH is 1. The highest BCUT2D eigenvalue weighted by Crippen LogP contribution is 2.29. The van der Waals surface area contributed by atoms with Gasteiger partial charge in [-0.2, -0.15) is 0 Å². The van der Waals surface area contributed by atoms with Crippen molar-refractivity contribution in [3.05, 3.63) is 68.9 Å². The van der Waals surface area contributed by atoms with Gasteiger partial charge in [-0.05, 0) is 51.3 Å². The number of aliphatic hydroxyl groups is 1. The SMILES string of the molecule is OC(c1ccc(F)cc1)c1ccc(Br)c(Cl)c1. The second kappa shape index (κ2) is 5.17. The van der Waals surface area contributed by atoms with Crippen LogP contribution in [-0.2, 0) is 0 Å². The highest BCUT2D eigenvalue weighted by Gasteiger charge is 2.11. The molecule has 0 radical (unpaired) electrons. The molecule has 0 aliphatic rings. The van der Waals surface area contributed by atoms with Crippen molar-refractivity contribution in [1.82, 2.24) is 0 Å². The van der Waals surface area contributed by atoms with Crippen LogP contribution in [0.3, 0.4) is 0 Å². The van der Waals surface area contributed by atoms with Gasteiger partial charge in [0.1, 0.15) is 11.9 Å². The monoisotopic (exact) mass is 314 g/mol. The fourth-order valence-corrected chi connectivity index (χ4v) is 1.96. The molecule has 1 N–H and O–H groups in total. The molecule has 0 spiro atoms. The van der Waals surface area contributed by atoms with Gasteiger partial charge >= 0.3 is 0 Å². The summed E-state index contributed by atoms with van der Waals surface area (Å²) in [6, 6.07) is 11.0. The molecule has 2 aromatic carbocycles. The van der Waals surface area contributed by atoms with Crippen LogP contribution in [0.15, 0.2) is 46.9 Å². The Hall–Kier alpha value is -0.900. The van der Waals surface area contributed by atoms with Crippen molar-refractivity contribution >= 4 is 27.5 Å². The topological polar surface area (TPSA) is 20.2 Å². The van der Waals surface area contributed by atoms with Gasteiger partial charge in [-0.3, -0.25) is 0 Å². The maximum atomic E-state index is 12.8. The van der Waals surface area contributed by atoms with E-state index in [1.165, 1.54) is 12.1 Å². The lowest BCUT2D eigenvalue weighted by molar-refractivity contribution is 0.220. The number of halogens is 3. The molecule has 0 aromatic heterocycles. The van der Waals surface area contributed by atoms with E-state index in [1.807, 2.05) is 0 Å². The van der Waals surface area contributed by atoms with Gasteiger partial charge in [0.2, 0.25) is 0 Å². The molecule has 0 saturated carbocycles. The predicted octanol–water partition coefficient (Wildman–Crippen LogP) is 4.32. The first-order chi connectivity index (χ1) is 8.08. The summed E-state index contributed by atoms with van der Waals surface area (Å²) in [4.78, 5) is 0. The summed E-state index contributed by atoms with van der Waals surface area (Å²) in [5.41, 5.74) is 1.30. The normalized spacial score (nSPS) is 12.5. The molecule has 17 heavy (non-hydrogen) atoms. The van der Waals surface area contributed by atoms with Gasteiger partial charge in [0.05, 0.1) is 5.02 Å². The highest BCUT2D eigenvalue weighted by atomic mass is 79.9. The van der Waals surface area contributed by atoms with Crippen molar-refractivity contribution < 1.29 is 9.50 Å². The Morgan fingerprint density at radius 2 is 1.65 bits per heavy atom. The van der Waals surface area contributed by atoms with E-state index in [1.54, 1.807) is 30.3 Å². The number of benzene rings is 2. The Bertz CT molecular complexity index is 527. The molecule has 1 unspecified atom stereocenters. The maximum absolute atomic E-state index is 12.8. The van der Waals surface area contributed by atoms with Crippen molar-refractivity contribution in [3.63, 3.8) is 0 Å². The first-order valence-electron chi connectivity index (χ1n) is 4.96. The Kier molecular flexibility index (Phi) is 3.82. The molecule has 0 saturated heterocycles. The zero-order valence-electron chi connectivity index (χ0n) is 8.70. The van der Waals surface area contributed by atoms with E-state index < -0.39 is 6.10 Å². The van der Waals surface area contributed by atoms with E-state index in [4.69, 9.17) is 11.6 Å². The maximum Gasteiger partial charge on any atom is 0.123 e. The van der Waals surface area contributed by atoms with Gasteiger partial charge in [-0.25, -0.2) is 4.39 Å². The molecule has 0 bridgehead atoms. The molecule has 0 heterocycles. The van der Waals surface area contributed by atoms with Gasteiger partial charge in [-0.15, -0.1) is 0 Å². The second-order valence-corrected chi connectivity index (χ2v) is 4.89. The van der Waals surface area contributed by atoms with Crippen molar-refractivity contribution in [3.8, 4) is 0 Å². The first kappa shape index (κ1) is 12.6. The summed E-state index contributed by atoms with van der Waals surface area (Å²) in [5, 5.41) is 10.6. The van der Waals surface area contributed by atoms with E-state index in [-0.39, 0.29) is 5.82 Å². The summed E-state index contributed by atoms with van der Waals surface area (Å²) in [7, 11) is 0. The van der Waals surface area contributed by atoms with Crippen LogP contribution in [0.2, 0.25) is 5.02 Å². The highest BCUT2D eigenvalue weighted by molar-refractivity contribution is 9.10. The molecule has 0 fully saturated rings. The predicted molar refractivity (Wildman–Crippen MR) is 69.6 cm³/mol. The van der Waals surface area contributed by atoms with Crippen LogP contribution in [-0.4, -0.2) is 5.11 Å². The van der Waals surface area contributed by atoms with Crippen LogP contribution in [0.1, 0.15) is 17.2 Å². The molecule has 0 aliphatic heterocycles. The Labute approximate surface area is 112 Å². The van der Waals surface area contributed by atoms with Crippen LogP contribution in [0, 0.1) is 5.82 Å². The van der Waals surface area contributed by atoms with Gasteiger partial charge in [0, 0.05) is 4.47 Å². The van der Waals surface area contributed by atoms with Crippen LogP contribution < -0.4 is 0 Å². The molecule has 1 atom stereocenters. The van der Waals surface area contributed by atoms with Gasteiger partial charge in [0.15, 0.2) is 0 Å². The molecule has 2 rings (SSSR count). The Morgan fingerprint density at radius 1 is 1.06 bits per heavy atom. The third-order valence-electron chi connectivity index (χ3n) is 2.45. The van der Waals surface area contributed by atoms with E-state index in [0.29, 0.717) is 16.1 Å². The average molecular weight is 316 g/mol. The molecule has 4 heteroatoms. The van der Waals surface area contributed by atoms with Crippen LogP contribution in [0.5, 0.6) is 0 Å². The molecule has 88 valence electrons. The minimum atomic E-state index is -0.804. The molecule has 1 nitrogen and oxygen atoms in total. The standard InChI is InChI=1S/C13H9BrClFO/c14-11-6-3-9(7-12(11)15)13(17)8-1-4-10(16)5-2-8/h1-7,13,17H. The average Bonchev–Trinajstić information content (AvgIpc) is 2.33. The van der Waals surface area contributed by atoms with Crippen molar-refractivity contribution in [2.24, 2.45) is 0 Å². The first-order valence-corrected chi connectivity index (χ1v) is 6.13. The van der Waals surface area contributed by atoms with Crippen molar-refractivity contribution in [2.45, 2.75) is 6.10 Å². The lowest BCUT2D eigenvalue weighted by Crippen LogP contribution is -1.99. The summed E-state index contributed by atoms with van der Waals surface area (Å²) >= 11 is 9.23. The Balaban J connectivity index is 2.33. The smallest absolute Gasteiger partial charge is 0.123 e. The van der Waals surface area contributed by atoms with Crippen molar-refractivity contribution in [2.75, 3.05) is 0 Å². The summed E-state index contributed by atoms with van der Waals surface area (Å²) in [6.07, 6.45) is -0.804. The minimum absolute atomic E-state index is 0.324. The fraction of sp³-hybridized carbons (Fsp3) is 0.0769. The van der Waals surface area contributed by atoms with Crippen molar-refractivity contribution in [1.29, 1.82) is 0 Å². The third-order valence-corrected chi connectivity index (χ3v) is 3.68. The lowest BCUT2D eigenvalue weighted by Gasteiger charge is -2.12. The number of rotatable bonds is 2. The van der Waals surface area contributed by atoms with Crippen LogP contribution in [0.25, 0.3) is 0 Å². The van der Waals surface area contributed by atoms with E-state index >= 15 is 0 Å². The van der Waals surface area contributed by atoms with Gasteiger partial charge in [0.25, 0.3) is 0 Å². The number of hydrogen-bond donors (Lipinski definition) is 1. The quantitative estimate of drug-likeness (QED) is 0.875. The summed E-state index contributed by atoms with van der Waals surface area (Å²) in [6.45, 7) is 0. The van der Waals surface area contributed by atoms with Crippen LogP contribution in [0.4, 0.5) is 4.39 Å². The van der Waals surface area contributed by atoms with Gasteiger partial charge in [-0.1, -0.05) is 29.8 Å². The van der Waals surface area contributed by atoms with E-state index in [0.717, 1.165) is 4.47 Å². The third kappa shape index (κ3) is 2.86. The second-order valence-electron chi connectivity index (χ2n) is 3.63. The van der Waals surface area contributed by atoms with E-state index in [2.05, 4.69) is 15.9 Å². The number of hydrogen-bond acceptors (Lipinski definition) is 1. The molecular formula is C13H9BrClFO. The summed E-state index contributed by atoms with van der Waals surface area (Å²) < 4.78 is 13.5. The molecule has 0 amide bonds. The lowest BCUT2D eigenvalue weighted by atomic mass is 10.0. The van der Waals surface area contributed by atoms with E-state index in [9.17, 15) is 9.50 Å².